The van der Waals surface area contributed by atoms with Crippen molar-refractivity contribution in [1.82, 2.24) is 0 Å². The zero-order valence-electron chi connectivity index (χ0n) is 6.15. The van der Waals surface area contributed by atoms with Gasteiger partial charge in [-0.2, -0.15) is 0 Å². The third-order valence-corrected chi connectivity index (χ3v) is 2.73. The van der Waals surface area contributed by atoms with E-state index >= 15 is 0 Å². The van der Waals surface area contributed by atoms with Crippen molar-refractivity contribution in [3.63, 3.8) is 0 Å². The third kappa shape index (κ3) is 6.49. The van der Waals surface area contributed by atoms with Crippen LogP contribution in [0.4, 0.5) is 0 Å². The Morgan fingerprint density at radius 2 is 2.00 bits per heavy atom. The van der Waals surface area contributed by atoms with Gasteiger partial charge in [-0.25, -0.2) is 16.9 Å². The van der Waals surface area contributed by atoms with E-state index < -0.39 is 0 Å². The second-order valence-corrected chi connectivity index (χ2v) is 5.94. The standard InChI is InChI=1S/C4H9O.2CH3.Al/c1-3-4-5-2;;;/h1,3-4H2,2H3;2*1H3;/q;;;-1/p+1. The van der Waals surface area contributed by atoms with Crippen LogP contribution in [0.2, 0.25) is 16.9 Å². The Labute approximate surface area is 56.4 Å². The summed E-state index contributed by atoms with van der Waals surface area (Å²) < 4.78 is 4.03. The molecule has 1 N–H and O–H groups in total. The van der Waals surface area contributed by atoms with Crippen LogP contribution in [0, 0.1) is 0 Å². The molecular weight excluding hydrogens is 115 g/mol. The van der Waals surface area contributed by atoms with Crippen LogP contribution in [0.5, 0.6) is 0 Å². The normalized spacial score (nSPS) is 10.5. The molecule has 0 fully saturated rings. The van der Waals surface area contributed by atoms with E-state index in [4.69, 9.17) is 0 Å². The molecule has 0 rings (SSSR count). The molecular formula is C6H16AlO. The van der Waals surface area contributed by atoms with E-state index in [1.807, 2.05) is 7.11 Å². The minimum absolute atomic E-state index is 0.262. The van der Waals surface area contributed by atoms with Gasteiger partial charge in [0.2, 0.25) is 0 Å². The van der Waals surface area contributed by atoms with Crippen molar-refractivity contribution in [2.24, 2.45) is 0 Å². The van der Waals surface area contributed by atoms with Gasteiger partial charge in [-0.05, 0) is 20.6 Å². The minimum atomic E-state index is -0.262. The molecule has 0 aromatic heterocycles. The fourth-order valence-corrected chi connectivity index (χ4v) is 1.66. The highest BCUT2D eigenvalue weighted by atomic mass is 27.2. The summed E-state index contributed by atoms with van der Waals surface area (Å²) in [5.41, 5.74) is 0. The van der Waals surface area contributed by atoms with E-state index in [0.29, 0.717) is 0 Å². The van der Waals surface area contributed by atoms with E-state index in [1.54, 1.807) is 0 Å². The van der Waals surface area contributed by atoms with Gasteiger partial charge in [0.25, 0.3) is 0 Å². The minimum Gasteiger partial charge on any atom is -0.436 e. The molecule has 0 aliphatic heterocycles. The van der Waals surface area contributed by atoms with Gasteiger partial charge in [0.05, 0.1) is 0 Å². The largest absolute Gasteiger partial charge is 0.436 e. The lowest BCUT2D eigenvalue weighted by Gasteiger charge is -2.06. The summed E-state index contributed by atoms with van der Waals surface area (Å²) in [7, 11) is 1.89. The first kappa shape index (κ1) is 8.49. The predicted molar refractivity (Wildman–Crippen MR) is 39.9 cm³/mol. The van der Waals surface area contributed by atoms with Crippen molar-refractivity contribution < 1.29 is 4.74 Å². The lowest BCUT2D eigenvalue weighted by Crippen LogP contribution is -2.02. The molecule has 1 radical (unpaired) electrons. The molecule has 2 heteroatoms. The zero-order chi connectivity index (χ0) is 6.41. The summed E-state index contributed by atoms with van der Waals surface area (Å²) >= 11 is -0.262. The van der Waals surface area contributed by atoms with Gasteiger partial charge in [-0.3, -0.25) is 0 Å². The van der Waals surface area contributed by atoms with Gasteiger partial charge < -0.3 is 4.74 Å². The SMILES string of the molecule is C[OH+]CC[CH2][Al-]([CH3])[CH3]. The van der Waals surface area contributed by atoms with Crippen LogP contribution >= 0.6 is 0 Å². The molecule has 0 unspecified atom stereocenters. The average molecular weight is 131 g/mol. The second kappa shape index (κ2) is 5.63. The highest BCUT2D eigenvalue weighted by Gasteiger charge is 1.86. The molecule has 0 bridgehead atoms. The molecule has 0 spiro atoms. The lowest BCUT2D eigenvalue weighted by molar-refractivity contribution is 0.0160. The van der Waals surface area contributed by atoms with E-state index in [1.165, 1.54) is 11.7 Å². The van der Waals surface area contributed by atoms with Gasteiger partial charge >= 0.3 is 0 Å². The number of ether oxygens (including phenoxy) is 1. The molecule has 0 saturated heterocycles. The highest BCUT2D eigenvalue weighted by molar-refractivity contribution is 6.55. The monoisotopic (exact) mass is 131 g/mol. The predicted octanol–water partition coefficient (Wildman–Crippen LogP) is 1.29. The van der Waals surface area contributed by atoms with Crippen molar-refractivity contribution in [2.75, 3.05) is 13.7 Å². The molecule has 0 atom stereocenters. The summed E-state index contributed by atoms with van der Waals surface area (Å²) in [5, 5.41) is 1.46. The summed E-state index contributed by atoms with van der Waals surface area (Å²) in [6.45, 7) is 1.07. The molecule has 8 heavy (non-hydrogen) atoms. The maximum absolute atomic E-state index is 4.03. The molecule has 0 amide bonds. The quantitative estimate of drug-likeness (QED) is 0.310. The molecule has 0 aliphatic rings. The second-order valence-electron chi connectivity index (χ2n) is 2.58. The van der Waals surface area contributed by atoms with E-state index in [0.717, 1.165) is 6.61 Å². The van der Waals surface area contributed by atoms with Crippen LogP contribution in [-0.2, 0) is 0 Å². The summed E-state index contributed by atoms with van der Waals surface area (Å²) in [6.07, 6.45) is 1.32. The Morgan fingerprint density at radius 1 is 1.38 bits per heavy atom. The molecule has 49 valence electrons. The molecule has 0 aromatic rings. The summed E-state index contributed by atoms with van der Waals surface area (Å²) in [4.78, 5) is 0. The Hall–Kier alpha value is 0.492. The van der Waals surface area contributed by atoms with E-state index in [2.05, 4.69) is 16.3 Å². The smallest absolute Gasteiger partial charge is 0.140 e. The number of hydrogen-bond acceptors (Lipinski definition) is 0. The van der Waals surface area contributed by atoms with Gasteiger partial charge in [-0.1, -0.05) is 0 Å². The van der Waals surface area contributed by atoms with Crippen molar-refractivity contribution in [1.29, 1.82) is 0 Å². The highest BCUT2D eigenvalue weighted by Crippen LogP contribution is 1.94. The molecule has 0 aromatic carbocycles. The van der Waals surface area contributed by atoms with Crippen molar-refractivity contribution in [3.05, 3.63) is 0 Å². The Bertz CT molecular complexity index is 45.8. The maximum atomic E-state index is 4.03. The van der Waals surface area contributed by atoms with Gasteiger partial charge in [0, 0.05) is 0 Å². The zero-order valence-corrected chi connectivity index (χ0v) is 7.30. The number of aliphatic hydroxyl groups is 2. The van der Waals surface area contributed by atoms with Crippen LogP contribution in [0.25, 0.3) is 0 Å². The first-order valence-electron chi connectivity index (χ1n) is 3.33. The van der Waals surface area contributed by atoms with E-state index in [-0.39, 0.29) is 14.1 Å². The number of rotatable bonds is 4. The fourth-order valence-electron chi connectivity index (χ4n) is 0.658. The summed E-state index contributed by atoms with van der Waals surface area (Å²) in [6, 6.07) is 0. The van der Waals surface area contributed by atoms with Crippen LogP contribution < -0.4 is 0 Å². The van der Waals surface area contributed by atoms with E-state index in [9.17, 15) is 0 Å². The lowest BCUT2D eigenvalue weighted by atomic mass is 10.5. The fraction of sp³-hybridized carbons (Fsp3) is 1.00. The first-order chi connectivity index (χ1) is 3.77. The molecule has 0 saturated carbocycles. The average Bonchev–Trinajstić information content (AvgIpc) is 1.66. The van der Waals surface area contributed by atoms with Gasteiger partial charge in [0.1, 0.15) is 13.7 Å². The molecule has 0 aliphatic carbocycles. The first-order valence-corrected chi connectivity index (χ1v) is 6.45. The topological polar surface area (TPSA) is 12.8 Å². The maximum Gasteiger partial charge on any atom is 0.140 e. The van der Waals surface area contributed by atoms with Crippen LogP contribution in [0.15, 0.2) is 0 Å². The summed E-state index contributed by atoms with van der Waals surface area (Å²) in [5.74, 6) is 4.77. The van der Waals surface area contributed by atoms with Crippen LogP contribution in [-0.4, -0.2) is 32.6 Å². The number of hydrogen-bond donors (Lipinski definition) is 0. The van der Waals surface area contributed by atoms with Crippen LogP contribution in [0.1, 0.15) is 6.42 Å². The van der Waals surface area contributed by atoms with Crippen LogP contribution in [0.3, 0.4) is 0 Å². The van der Waals surface area contributed by atoms with Crippen molar-refractivity contribution in [3.8, 4) is 0 Å². The Kier molecular flexibility index (Phi) is 5.97. The molecule has 1 nitrogen and oxygen atoms in total. The van der Waals surface area contributed by atoms with Crippen molar-refractivity contribution in [2.45, 2.75) is 23.3 Å². The van der Waals surface area contributed by atoms with Gasteiger partial charge in [-0.15, -0.1) is 0 Å². The van der Waals surface area contributed by atoms with Crippen molar-refractivity contribution >= 4 is 14.1 Å². The Balaban J connectivity index is 2.72. The molecule has 0 heterocycles. The van der Waals surface area contributed by atoms with Gasteiger partial charge in [0.15, 0.2) is 0 Å². The Morgan fingerprint density at radius 3 is 2.38 bits per heavy atom. The third-order valence-electron chi connectivity index (χ3n) is 1.16.